The molecule has 0 aliphatic heterocycles. The number of carbonyl (C=O) groups is 1. The van der Waals surface area contributed by atoms with Gasteiger partial charge in [-0.2, -0.15) is 0 Å². The van der Waals surface area contributed by atoms with E-state index in [2.05, 4.69) is 5.32 Å². The first-order valence-corrected chi connectivity index (χ1v) is 11.1. The highest BCUT2D eigenvalue weighted by molar-refractivity contribution is 7.92. The molecule has 1 N–H and O–H groups in total. The van der Waals surface area contributed by atoms with E-state index in [0.717, 1.165) is 16.1 Å². The lowest BCUT2D eigenvalue weighted by molar-refractivity contribution is -0.122. The number of nitrogens with zero attached hydrogens (tertiary/aromatic N) is 1. The molecule has 0 radical (unpaired) electrons. The van der Waals surface area contributed by atoms with E-state index in [1.165, 1.54) is 0 Å². The molecule has 6 nitrogen and oxygen atoms in total. The summed E-state index contributed by atoms with van der Waals surface area (Å²) in [5.74, 6) is 0.264. The molecule has 2 aromatic rings. The van der Waals surface area contributed by atoms with Gasteiger partial charge in [-0.05, 0) is 44.5 Å². The molecule has 28 heavy (non-hydrogen) atoms. The summed E-state index contributed by atoms with van der Waals surface area (Å²) in [6.07, 6.45) is 1.07. The molecule has 152 valence electrons. The average molecular weight is 425 g/mol. The number of halogens is 1. The third-order valence-corrected chi connectivity index (χ3v) is 5.69. The van der Waals surface area contributed by atoms with Crippen molar-refractivity contribution in [3.05, 3.63) is 58.6 Å². The van der Waals surface area contributed by atoms with Gasteiger partial charge in [0.2, 0.25) is 15.9 Å². The van der Waals surface area contributed by atoms with Crippen LogP contribution in [0.2, 0.25) is 5.02 Å². The second-order valence-electron chi connectivity index (χ2n) is 6.42. The Morgan fingerprint density at radius 2 is 1.93 bits per heavy atom. The molecular weight excluding hydrogens is 400 g/mol. The maximum atomic E-state index is 12.8. The van der Waals surface area contributed by atoms with Gasteiger partial charge in [-0.1, -0.05) is 35.9 Å². The van der Waals surface area contributed by atoms with Gasteiger partial charge in [-0.15, -0.1) is 0 Å². The van der Waals surface area contributed by atoms with Crippen molar-refractivity contribution in [1.82, 2.24) is 5.32 Å². The van der Waals surface area contributed by atoms with E-state index < -0.39 is 22.0 Å². The van der Waals surface area contributed by atoms with Gasteiger partial charge < -0.3 is 10.1 Å². The largest absolute Gasteiger partial charge is 0.494 e. The van der Waals surface area contributed by atoms with Crippen LogP contribution in [0.1, 0.15) is 25.0 Å². The normalized spacial score (nSPS) is 12.3. The van der Waals surface area contributed by atoms with E-state index in [0.29, 0.717) is 28.6 Å². The van der Waals surface area contributed by atoms with Crippen LogP contribution >= 0.6 is 11.6 Å². The molecule has 0 aliphatic carbocycles. The summed E-state index contributed by atoms with van der Waals surface area (Å²) in [5, 5.41) is 3.19. The molecule has 8 heteroatoms. The van der Waals surface area contributed by atoms with Gasteiger partial charge in [0.05, 0.1) is 18.6 Å². The summed E-state index contributed by atoms with van der Waals surface area (Å²) in [6.45, 7) is 5.94. The van der Waals surface area contributed by atoms with Crippen molar-refractivity contribution < 1.29 is 17.9 Å². The zero-order valence-corrected chi connectivity index (χ0v) is 18.0. The molecule has 2 aromatic carbocycles. The van der Waals surface area contributed by atoms with Crippen LogP contribution in [0.5, 0.6) is 5.75 Å². The van der Waals surface area contributed by atoms with Crippen LogP contribution in [0.4, 0.5) is 5.69 Å². The zero-order valence-electron chi connectivity index (χ0n) is 16.4. The predicted octanol–water partition coefficient (Wildman–Crippen LogP) is 3.52. The minimum Gasteiger partial charge on any atom is -0.494 e. The lowest BCUT2D eigenvalue weighted by Gasteiger charge is -2.29. The van der Waals surface area contributed by atoms with Crippen LogP contribution in [-0.4, -0.2) is 33.2 Å². The van der Waals surface area contributed by atoms with Crippen LogP contribution < -0.4 is 14.4 Å². The lowest BCUT2D eigenvalue weighted by atomic mass is 10.1. The third kappa shape index (κ3) is 5.39. The monoisotopic (exact) mass is 424 g/mol. The molecule has 0 fully saturated rings. The molecule has 0 heterocycles. The van der Waals surface area contributed by atoms with Crippen molar-refractivity contribution in [2.75, 3.05) is 17.2 Å². The first-order chi connectivity index (χ1) is 13.1. The van der Waals surface area contributed by atoms with E-state index in [1.54, 1.807) is 32.0 Å². The molecule has 0 spiro atoms. The molecule has 2 rings (SSSR count). The van der Waals surface area contributed by atoms with Gasteiger partial charge in [-0.25, -0.2) is 8.42 Å². The lowest BCUT2D eigenvalue weighted by Crippen LogP contribution is -2.48. The van der Waals surface area contributed by atoms with E-state index in [4.69, 9.17) is 16.3 Å². The van der Waals surface area contributed by atoms with E-state index >= 15 is 0 Å². The molecule has 0 saturated carbocycles. The number of sulfonamides is 1. The summed E-state index contributed by atoms with van der Waals surface area (Å²) < 4.78 is 31.5. The number of para-hydroxylation sites is 1. The Labute approximate surface area is 171 Å². The van der Waals surface area contributed by atoms with Crippen LogP contribution in [0, 0.1) is 6.92 Å². The smallest absolute Gasteiger partial charge is 0.243 e. The highest BCUT2D eigenvalue weighted by Crippen LogP contribution is 2.28. The van der Waals surface area contributed by atoms with Crippen LogP contribution in [0.25, 0.3) is 0 Å². The Kier molecular flexibility index (Phi) is 7.32. The first-order valence-electron chi connectivity index (χ1n) is 8.89. The fraction of sp³-hybridized carbons (Fsp3) is 0.350. The fourth-order valence-electron chi connectivity index (χ4n) is 2.88. The number of amides is 1. The van der Waals surface area contributed by atoms with Crippen molar-refractivity contribution in [2.45, 2.75) is 33.4 Å². The van der Waals surface area contributed by atoms with Gasteiger partial charge >= 0.3 is 0 Å². The van der Waals surface area contributed by atoms with E-state index in [9.17, 15) is 13.2 Å². The Bertz CT molecular complexity index is 947. The topological polar surface area (TPSA) is 75.7 Å². The summed E-state index contributed by atoms with van der Waals surface area (Å²) in [4.78, 5) is 12.8. The van der Waals surface area contributed by atoms with Crippen molar-refractivity contribution >= 4 is 33.2 Å². The molecular formula is C20H25ClN2O4S. The summed E-state index contributed by atoms with van der Waals surface area (Å²) in [5.41, 5.74) is 1.90. The summed E-state index contributed by atoms with van der Waals surface area (Å²) in [7, 11) is -3.71. The maximum absolute atomic E-state index is 12.8. The third-order valence-electron chi connectivity index (χ3n) is 4.22. The molecule has 0 aromatic heterocycles. The number of ether oxygens (including phenoxy) is 1. The van der Waals surface area contributed by atoms with Crippen LogP contribution in [0.15, 0.2) is 42.5 Å². The highest BCUT2D eigenvalue weighted by Gasteiger charge is 2.30. The fourth-order valence-corrected chi connectivity index (χ4v) is 4.27. The van der Waals surface area contributed by atoms with Gasteiger partial charge in [0.25, 0.3) is 0 Å². The zero-order chi connectivity index (χ0) is 20.9. The predicted molar refractivity (Wildman–Crippen MR) is 112 cm³/mol. The average Bonchev–Trinajstić information content (AvgIpc) is 2.63. The number of hydrogen-bond donors (Lipinski definition) is 1. The Hall–Kier alpha value is -2.25. The molecule has 0 saturated heterocycles. The maximum Gasteiger partial charge on any atom is 0.243 e. The standard InChI is InChI=1S/C20H25ClN2O4S/c1-5-27-19-9-7-6-8-16(19)13-22-20(24)15(3)23(28(4,25)26)18-12-17(21)11-10-14(18)2/h6-12,15H,5,13H2,1-4H3,(H,22,24)/t15-/m0/s1. The molecule has 0 bridgehead atoms. The minimum atomic E-state index is -3.71. The van der Waals surface area contributed by atoms with E-state index in [1.807, 2.05) is 31.2 Å². The molecule has 1 amide bonds. The Morgan fingerprint density at radius 1 is 1.25 bits per heavy atom. The van der Waals surface area contributed by atoms with Gasteiger partial charge in [0.15, 0.2) is 0 Å². The van der Waals surface area contributed by atoms with Gasteiger partial charge in [0, 0.05) is 17.1 Å². The number of aryl methyl sites for hydroxylation is 1. The quantitative estimate of drug-likeness (QED) is 0.703. The van der Waals surface area contributed by atoms with Crippen molar-refractivity contribution in [3.63, 3.8) is 0 Å². The SMILES string of the molecule is CCOc1ccccc1CNC(=O)[C@H](C)N(c1cc(Cl)ccc1C)S(C)(=O)=O. The Balaban J connectivity index is 2.24. The highest BCUT2D eigenvalue weighted by atomic mass is 35.5. The number of nitrogens with one attached hydrogen (secondary N) is 1. The molecule has 0 unspecified atom stereocenters. The summed E-state index contributed by atoms with van der Waals surface area (Å²) in [6, 6.07) is 11.4. The number of benzene rings is 2. The molecule has 0 aliphatic rings. The first kappa shape index (κ1) is 22.0. The second-order valence-corrected chi connectivity index (χ2v) is 8.72. The van der Waals surface area contributed by atoms with Crippen molar-refractivity contribution in [3.8, 4) is 5.75 Å². The summed E-state index contributed by atoms with van der Waals surface area (Å²) >= 11 is 6.05. The number of carbonyl (C=O) groups excluding carboxylic acids is 1. The minimum absolute atomic E-state index is 0.228. The second kappa shape index (κ2) is 9.30. The van der Waals surface area contributed by atoms with Crippen molar-refractivity contribution in [2.24, 2.45) is 0 Å². The number of rotatable bonds is 8. The number of anilines is 1. The van der Waals surface area contributed by atoms with Gasteiger partial charge in [0.1, 0.15) is 11.8 Å². The molecule has 1 atom stereocenters. The van der Waals surface area contributed by atoms with Crippen molar-refractivity contribution in [1.29, 1.82) is 0 Å². The Morgan fingerprint density at radius 3 is 2.57 bits per heavy atom. The van der Waals surface area contributed by atoms with Gasteiger partial charge in [-0.3, -0.25) is 9.10 Å². The van der Waals surface area contributed by atoms with E-state index in [-0.39, 0.29) is 6.54 Å². The van der Waals surface area contributed by atoms with Crippen LogP contribution in [0.3, 0.4) is 0 Å². The van der Waals surface area contributed by atoms with Crippen LogP contribution in [-0.2, 0) is 21.4 Å². The number of hydrogen-bond acceptors (Lipinski definition) is 4.